The van der Waals surface area contributed by atoms with Crippen LogP contribution in [-0.2, 0) is 6.54 Å². The van der Waals surface area contributed by atoms with Crippen molar-refractivity contribution < 1.29 is 9.90 Å². The van der Waals surface area contributed by atoms with Gasteiger partial charge in [0.05, 0.1) is 22.9 Å². The predicted octanol–water partition coefficient (Wildman–Crippen LogP) is 2.48. The molecule has 0 unspecified atom stereocenters. The van der Waals surface area contributed by atoms with Crippen molar-refractivity contribution in [2.75, 3.05) is 17.7 Å². The highest BCUT2D eigenvalue weighted by atomic mass is 16.4. The standard InChI is InChI=1S/C16H15N3O2/c1-19(10-12-4-2-3-11(7-12)9-17)15-8-13(18)5-6-14(15)16(20)21/h2-8H,10,18H2,1H3,(H,20,21). The molecule has 0 fully saturated rings. The Morgan fingerprint density at radius 1 is 1.33 bits per heavy atom. The predicted molar refractivity (Wildman–Crippen MR) is 81.1 cm³/mol. The first-order chi connectivity index (χ1) is 10.0. The van der Waals surface area contributed by atoms with Crippen molar-refractivity contribution >= 4 is 17.3 Å². The van der Waals surface area contributed by atoms with Crippen molar-refractivity contribution in [3.63, 3.8) is 0 Å². The summed E-state index contributed by atoms with van der Waals surface area (Å²) in [7, 11) is 1.79. The molecule has 2 aromatic carbocycles. The lowest BCUT2D eigenvalue weighted by Crippen LogP contribution is -2.19. The van der Waals surface area contributed by atoms with Crippen LogP contribution in [0.1, 0.15) is 21.5 Å². The van der Waals surface area contributed by atoms with Crippen molar-refractivity contribution in [2.45, 2.75) is 6.54 Å². The van der Waals surface area contributed by atoms with E-state index in [9.17, 15) is 9.90 Å². The van der Waals surface area contributed by atoms with E-state index in [0.29, 0.717) is 23.5 Å². The number of carboxylic acid groups (broad SMARTS) is 1. The Bertz CT molecular complexity index is 720. The molecule has 2 rings (SSSR count). The third kappa shape index (κ3) is 3.31. The van der Waals surface area contributed by atoms with E-state index in [4.69, 9.17) is 11.0 Å². The highest BCUT2D eigenvalue weighted by Crippen LogP contribution is 2.24. The van der Waals surface area contributed by atoms with Crippen molar-refractivity contribution in [3.05, 3.63) is 59.2 Å². The van der Waals surface area contributed by atoms with E-state index in [2.05, 4.69) is 6.07 Å². The van der Waals surface area contributed by atoms with Crippen LogP contribution < -0.4 is 10.6 Å². The molecule has 0 heterocycles. The molecule has 0 aliphatic carbocycles. The minimum Gasteiger partial charge on any atom is -0.478 e. The molecule has 0 atom stereocenters. The number of benzene rings is 2. The molecular formula is C16H15N3O2. The van der Waals surface area contributed by atoms with Crippen molar-refractivity contribution in [1.82, 2.24) is 0 Å². The van der Waals surface area contributed by atoms with Gasteiger partial charge < -0.3 is 15.7 Å². The molecule has 0 aromatic heterocycles. The van der Waals surface area contributed by atoms with Crippen molar-refractivity contribution in [1.29, 1.82) is 5.26 Å². The quantitative estimate of drug-likeness (QED) is 0.840. The lowest BCUT2D eigenvalue weighted by atomic mass is 10.1. The molecule has 0 radical (unpaired) electrons. The maximum Gasteiger partial charge on any atom is 0.337 e. The monoisotopic (exact) mass is 281 g/mol. The van der Waals surface area contributed by atoms with E-state index >= 15 is 0 Å². The first-order valence-electron chi connectivity index (χ1n) is 6.34. The molecule has 0 bridgehead atoms. The molecule has 0 saturated carbocycles. The van der Waals surface area contributed by atoms with Crippen LogP contribution in [0, 0.1) is 11.3 Å². The lowest BCUT2D eigenvalue weighted by molar-refractivity contribution is 0.0697. The number of anilines is 2. The highest BCUT2D eigenvalue weighted by molar-refractivity contribution is 5.95. The second kappa shape index (κ2) is 5.97. The average Bonchev–Trinajstić information content (AvgIpc) is 2.47. The minimum absolute atomic E-state index is 0.197. The molecule has 3 N–H and O–H groups in total. The summed E-state index contributed by atoms with van der Waals surface area (Å²) in [6.07, 6.45) is 0. The van der Waals surface area contributed by atoms with Gasteiger partial charge in [-0.2, -0.15) is 5.26 Å². The summed E-state index contributed by atoms with van der Waals surface area (Å²) in [6, 6.07) is 14.0. The number of hydrogen-bond acceptors (Lipinski definition) is 4. The van der Waals surface area contributed by atoms with Gasteiger partial charge in [-0.3, -0.25) is 0 Å². The van der Waals surface area contributed by atoms with Crippen LogP contribution >= 0.6 is 0 Å². The summed E-state index contributed by atoms with van der Waals surface area (Å²) < 4.78 is 0. The van der Waals surface area contributed by atoms with Gasteiger partial charge in [0, 0.05) is 19.3 Å². The fourth-order valence-corrected chi connectivity index (χ4v) is 2.14. The van der Waals surface area contributed by atoms with Gasteiger partial charge in [-0.15, -0.1) is 0 Å². The van der Waals surface area contributed by atoms with Crippen LogP contribution in [0.15, 0.2) is 42.5 Å². The normalized spacial score (nSPS) is 9.90. The number of nitrogen functional groups attached to an aromatic ring is 1. The number of nitriles is 1. The maximum absolute atomic E-state index is 11.3. The van der Waals surface area contributed by atoms with Gasteiger partial charge in [0.25, 0.3) is 0 Å². The van der Waals surface area contributed by atoms with E-state index in [1.165, 1.54) is 6.07 Å². The van der Waals surface area contributed by atoms with E-state index < -0.39 is 5.97 Å². The number of carboxylic acids is 1. The molecule has 0 amide bonds. The van der Waals surface area contributed by atoms with Crippen LogP contribution in [0.4, 0.5) is 11.4 Å². The van der Waals surface area contributed by atoms with Gasteiger partial charge in [-0.05, 0) is 35.9 Å². The van der Waals surface area contributed by atoms with Gasteiger partial charge in [0.2, 0.25) is 0 Å². The smallest absolute Gasteiger partial charge is 0.337 e. The fraction of sp³-hybridized carbons (Fsp3) is 0.125. The number of rotatable bonds is 4. The summed E-state index contributed by atoms with van der Waals surface area (Å²) >= 11 is 0. The van der Waals surface area contributed by atoms with Crippen molar-refractivity contribution in [2.24, 2.45) is 0 Å². The van der Waals surface area contributed by atoms with E-state index in [1.807, 2.05) is 6.07 Å². The second-order valence-corrected chi connectivity index (χ2v) is 4.75. The summed E-state index contributed by atoms with van der Waals surface area (Å²) in [5, 5.41) is 18.2. The summed E-state index contributed by atoms with van der Waals surface area (Å²) in [5.74, 6) is -0.998. The van der Waals surface area contributed by atoms with Crippen LogP contribution in [0.3, 0.4) is 0 Å². The Kier molecular flexibility index (Phi) is 4.10. The molecule has 0 aliphatic rings. The molecule has 21 heavy (non-hydrogen) atoms. The first-order valence-corrected chi connectivity index (χ1v) is 6.34. The van der Waals surface area contributed by atoms with Gasteiger partial charge in [-0.1, -0.05) is 12.1 Å². The number of carbonyl (C=O) groups is 1. The Morgan fingerprint density at radius 3 is 2.76 bits per heavy atom. The van der Waals surface area contributed by atoms with E-state index in [-0.39, 0.29) is 5.56 Å². The van der Waals surface area contributed by atoms with E-state index in [0.717, 1.165) is 5.56 Å². The number of nitrogens with two attached hydrogens (primary N) is 1. The third-order valence-electron chi connectivity index (χ3n) is 3.14. The molecule has 106 valence electrons. The molecular weight excluding hydrogens is 266 g/mol. The zero-order valence-corrected chi connectivity index (χ0v) is 11.6. The molecule has 0 spiro atoms. The topological polar surface area (TPSA) is 90.4 Å². The zero-order valence-electron chi connectivity index (χ0n) is 11.6. The Labute approximate surface area is 122 Å². The summed E-state index contributed by atoms with van der Waals surface area (Å²) in [6.45, 7) is 0.485. The number of nitrogens with zero attached hydrogens (tertiary/aromatic N) is 2. The highest BCUT2D eigenvalue weighted by Gasteiger charge is 2.14. The third-order valence-corrected chi connectivity index (χ3v) is 3.14. The van der Waals surface area contributed by atoms with Gasteiger partial charge >= 0.3 is 5.97 Å². The molecule has 5 heteroatoms. The minimum atomic E-state index is -0.998. The van der Waals surface area contributed by atoms with Gasteiger partial charge in [0.1, 0.15) is 0 Å². The maximum atomic E-state index is 11.3. The summed E-state index contributed by atoms with van der Waals surface area (Å²) in [5.41, 5.74) is 8.49. The fourth-order valence-electron chi connectivity index (χ4n) is 2.14. The SMILES string of the molecule is CN(Cc1cccc(C#N)c1)c1cc(N)ccc1C(=O)O. The van der Waals surface area contributed by atoms with Gasteiger partial charge in [0.15, 0.2) is 0 Å². The van der Waals surface area contributed by atoms with E-state index in [1.54, 1.807) is 42.3 Å². The number of hydrogen-bond donors (Lipinski definition) is 2. The van der Waals surface area contributed by atoms with Crippen LogP contribution in [-0.4, -0.2) is 18.1 Å². The Morgan fingerprint density at radius 2 is 2.10 bits per heavy atom. The first kappa shape index (κ1) is 14.4. The zero-order chi connectivity index (χ0) is 15.4. The Hall–Kier alpha value is -3.00. The van der Waals surface area contributed by atoms with Crippen LogP contribution in [0.2, 0.25) is 0 Å². The van der Waals surface area contributed by atoms with Gasteiger partial charge in [-0.25, -0.2) is 4.79 Å². The van der Waals surface area contributed by atoms with Crippen molar-refractivity contribution in [3.8, 4) is 6.07 Å². The summed E-state index contributed by atoms with van der Waals surface area (Å²) in [4.78, 5) is 13.1. The molecule has 5 nitrogen and oxygen atoms in total. The molecule has 2 aromatic rings. The lowest BCUT2D eigenvalue weighted by Gasteiger charge is -2.22. The second-order valence-electron chi connectivity index (χ2n) is 4.75. The molecule has 0 saturated heterocycles. The Balaban J connectivity index is 2.32. The van der Waals surface area contributed by atoms with Crippen LogP contribution in [0.5, 0.6) is 0 Å². The molecule has 0 aliphatic heterocycles. The average molecular weight is 281 g/mol. The number of aromatic carboxylic acids is 1. The largest absolute Gasteiger partial charge is 0.478 e. The van der Waals surface area contributed by atoms with Crippen LogP contribution in [0.25, 0.3) is 0 Å².